The van der Waals surface area contributed by atoms with Crippen molar-refractivity contribution in [1.82, 2.24) is 0 Å². The molecule has 0 N–H and O–H groups in total. The second-order valence-electron chi connectivity index (χ2n) is 8.15. The van der Waals surface area contributed by atoms with Crippen molar-refractivity contribution in [2.75, 3.05) is 38.1 Å². The molecule has 0 fully saturated rings. The van der Waals surface area contributed by atoms with Gasteiger partial charge in [0.2, 0.25) is 0 Å². The van der Waals surface area contributed by atoms with Crippen LogP contribution >= 0.6 is 0 Å². The molecule has 3 aromatic rings. The summed E-state index contributed by atoms with van der Waals surface area (Å²) < 4.78 is 11.1. The molecule has 2 aliphatic heterocycles. The van der Waals surface area contributed by atoms with Crippen molar-refractivity contribution in [3.05, 3.63) is 77.4 Å². The molecule has 2 aliphatic rings. The van der Waals surface area contributed by atoms with E-state index in [0.29, 0.717) is 23.5 Å². The quantitative estimate of drug-likeness (QED) is 0.588. The summed E-state index contributed by atoms with van der Waals surface area (Å²) in [6.45, 7) is 0. The highest BCUT2D eigenvalue weighted by Gasteiger charge is 2.43. The summed E-state index contributed by atoms with van der Waals surface area (Å²) in [5.74, 6) is 0.945. The van der Waals surface area contributed by atoms with E-state index < -0.39 is 0 Å². The number of rotatable bonds is 4. The van der Waals surface area contributed by atoms with E-state index in [1.165, 1.54) is 0 Å². The van der Waals surface area contributed by atoms with Crippen LogP contribution < -0.4 is 19.3 Å². The van der Waals surface area contributed by atoms with E-state index in [2.05, 4.69) is 29.2 Å². The minimum Gasteiger partial charge on any atom is -0.493 e. The number of fused-ring (bicyclic) bond motifs is 5. The lowest BCUT2D eigenvalue weighted by molar-refractivity contribution is 0.0989. The molecule has 0 spiro atoms. The molecule has 3 aromatic carbocycles. The number of amides is 1. The third kappa shape index (κ3) is 3.02. The molecule has 1 amide bonds. The lowest BCUT2D eigenvalue weighted by atomic mass is 9.96. The van der Waals surface area contributed by atoms with Gasteiger partial charge in [0.15, 0.2) is 11.5 Å². The average Bonchev–Trinajstić information content (AvgIpc) is 2.98. The minimum absolute atomic E-state index is 0.0902. The normalized spacial score (nSPS) is 16.5. The first-order valence-corrected chi connectivity index (χ1v) is 10.6. The molecule has 0 bridgehead atoms. The van der Waals surface area contributed by atoms with E-state index in [1.54, 1.807) is 14.2 Å². The maximum Gasteiger partial charge on any atom is 0.263 e. The summed E-state index contributed by atoms with van der Waals surface area (Å²) >= 11 is 0. The van der Waals surface area contributed by atoms with Crippen LogP contribution in [-0.4, -0.2) is 39.9 Å². The maximum absolute atomic E-state index is 13.7. The summed E-state index contributed by atoms with van der Waals surface area (Å²) in [6.07, 6.45) is 0.601. The zero-order chi connectivity index (χ0) is 22.4. The first kappa shape index (κ1) is 20.1. The molecule has 0 radical (unpaired) electrons. The van der Waals surface area contributed by atoms with Crippen LogP contribution in [0.2, 0.25) is 0 Å². The van der Waals surface area contributed by atoms with Gasteiger partial charge in [-0.15, -0.1) is 0 Å². The van der Waals surface area contributed by atoms with Gasteiger partial charge in [-0.2, -0.15) is 0 Å². The highest BCUT2D eigenvalue weighted by atomic mass is 16.5. The topological polar surface area (TPSA) is 54.4 Å². The van der Waals surface area contributed by atoms with Crippen molar-refractivity contribution < 1.29 is 14.3 Å². The highest BCUT2D eigenvalue weighted by Crippen LogP contribution is 2.50. The van der Waals surface area contributed by atoms with Gasteiger partial charge in [0.1, 0.15) is 0 Å². The molecule has 0 saturated carbocycles. The predicted octanol–water partition coefficient (Wildman–Crippen LogP) is 5.00. The largest absolute Gasteiger partial charge is 0.493 e. The van der Waals surface area contributed by atoms with Crippen molar-refractivity contribution in [2.45, 2.75) is 12.5 Å². The Hall–Kier alpha value is -3.80. The van der Waals surface area contributed by atoms with Crippen LogP contribution in [0.25, 0.3) is 0 Å². The minimum atomic E-state index is -0.173. The number of anilines is 2. The third-order valence-electron chi connectivity index (χ3n) is 6.18. The molecule has 0 saturated heterocycles. The number of para-hydroxylation sites is 2. The molecule has 5 rings (SSSR count). The number of methoxy groups -OCH3 is 2. The van der Waals surface area contributed by atoms with Gasteiger partial charge in [-0.05, 0) is 41.5 Å². The van der Waals surface area contributed by atoms with Crippen molar-refractivity contribution in [3.8, 4) is 11.5 Å². The maximum atomic E-state index is 13.7. The van der Waals surface area contributed by atoms with Crippen molar-refractivity contribution >= 4 is 28.7 Å². The Bertz CT molecular complexity index is 1230. The SMILES string of the molecule is COc1ccc2c(c1OC)C(=O)N1c3ccccc3N=C(c3ccc(N(C)C)cc3)CC21. The fraction of sp³-hybridized carbons (Fsp3) is 0.231. The zero-order valence-corrected chi connectivity index (χ0v) is 18.6. The van der Waals surface area contributed by atoms with Crippen LogP contribution in [0.3, 0.4) is 0 Å². The van der Waals surface area contributed by atoms with Crippen LogP contribution in [0.15, 0.2) is 65.7 Å². The molecule has 32 heavy (non-hydrogen) atoms. The molecule has 1 unspecified atom stereocenters. The van der Waals surface area contributed by atoms with E-state index in [0.717, 1.165) is 33.9 Å². The molecular formula is C26H25N3O3. The second kappa shape index (κ2) is 7.71. The standard InChI is InChI=1S/C26H25N3O3/c1-28(2)17-11-9-16(10-12-17)20-15-22-18-13-14-23(31-3)25(32-4)24(18)26(30)29(22)21-8-6-5-7-19(21)27-20/h5-14,22H,15H2,1-4H3. The van der Waals surface area contributed by atoms with Gasteiger partial charge in [-0.3, -0.25) is 14.7 Å². The van der Waals surface area contributed by atoms with Crippen molar-refractivity contribution in [1.29, 1.82) is 0 Å². The summed E-state index contributed by atoms with van der Waals surface area (Å²) in [6, 6.07) is 19.8. The molecule has 0 aromatic heterocycles. The number of benzene rings is 3. The number of hydrogen-bond acceptors (Lipinski definition) is 5. The van der Waals surface area contributed by atoms with E-state index >= 15 is 0 Å². The smallest absolute Gasteiger partial charge is 0.263 e. The van der Waals surface area contributed by atoms with Crippen LogP contribution in [0.5, 0.6) is 11.5 Å². The Morgan fingerprint density at radius 1 is 0.969 bits per heavy atom. The van der Waals surface area contributed by atoms with E-state index in [9.17, 15) is 4.79 Å². The van der Waals surface area contributed by atoms with Crippen LogP contribution in [0.4, 0.5) is 17.1 Å². The summed E-state index contributed by atoms with van der Waals surface area (Å²) in [4.78, 5) is 22.6. The Labute approximate surface area is 187 Å². The first-order chi connectivity index (χ1) is 15.5. The number of nitrogens with zero attached hydrogens (tertiary/aromatic N) is 3. The fourth-order valence-corrected chi connectivity index (χ4v) is 4.59. The van der Waals surface area contributed by atoms with Gasteiger partial charge in [-0.1, -0.05) is 30.3 Å². The van der Waals surface area contributed by atoms with Gasteiger partial charge in [-0.25, -0.2) is 0 Å². The fourth-order valence-electron chi connectivity index (χ4n) is 4.59. The van der Waals surface area contributed by atoms with Gasteiger partial charge in [0.25, 0.3) is 5.91 Å². The summed E-state index contributed by atoms with van der Waals surface area (Å²) in [7, 11) is 7.20. The third-order valence-corrected chi connectivity index (χ3v) is 6.18. The number of ether oxygens (including phenoxy) is 2. The first-order valence-electron chi connectivity index (χ1n) is 10.6. The van der Waals surface area contributed by atoms with Gasteiger partial charge < -0.3 is 14.4 Å². The van der Waals surface area contributed by atoms with Gasteiger partial charge in [0, 0.05) is 26.2 Å². The highest BCUT2D eigenvalue weighted by molar-refractivity contribution is 6.17. The van der Waals surface area contributed by atoms with E-state index in [4.69, 9.17) is 14.5 Å². The van der Waals surface area contributed by atoms with Crippen LogP contribution in [0, 0.1) is 0 Å². The Balaban J connectivity index is 1.67. The van der Waals surface area contributed by atoms with Crippen LogP contribution in [-0.2, 0) is 0 Å². The Kier molecular flexibility index (Phi) is 4.85. The van der Waals surface area contributed by atoms with E-state index in [-0.39, 0.29) is 11.9 Å². The summed E-state index contributed by atoms with van der Waals surface area (Å²) in [5, 5.41) is 0. The number of carbonyl (C=O) groups is 1. The monoisotopic (exact) mass is 427 g/mol. The molecule has 2 heterocycles. The Morgan fingerprint density at radius 2 is 1.72 bits per heavy atom. The number of aliphatic imine (C=N–C) groups is 1. The lowest BCUT2D eigenvalue weighted by Gasteiger charge is -2.24. The number of carbonyl (C=O) groups excluding carboxylic acids is 1. The molecule has 6 nitrogen and oxygen atoms in total. The van der Waals surface area contributed by atoms with Gasteiger partial charge in [0.05, 0.1) is 42.9 Å². The average molecular weight is 428 g/mol. The second-order valence-corrected chi connectivity index (χ2v) is 8.15. The molecular weight excluding hydrogens is 402 g/mol. The Morgan fingerprint density at radius 3 is 2.41 bits per heavy atom. The zero-order valence-electron chi connectivity index (χ0n) is 18.6. The summed E-state index contributed by atoms with van der Waals surface area (Å²) in [5.41, 5.74) is 6.22. The molecule has 162 valence electrons. The van der Waals surface area contributed by atoms with Gasteiger partial charge >= 0.3 is 0 Å². The molecule has 1 atom stereocenters. The molecule has 6 heteroatoms. The van der Waals surface area contributed by atoms with E-state index in [1.807, 2.05) is 55.4 Å². The van der Waals surface area contributed by atoms with Crippen LogP contribution in [0.1, 0.15) is 33.9 Å². The van der Waals surface area contributed by atoms with Crippen molar-refractivity contribution in [2.24, 2.45) is 4.99 Å². The molecule has 0 aliphatic carbocycles. The lowest BCUT2D eigenvalue weighted by Crippen LogP contribution is -2.28. The predicted molar refractivity (Wildman–Crippen MR) is 127 cm³/mol. The van der Waals surface area contributed by atoms with Crippen molar-refractivity contribution in [3.63, 3.8) is 0 Å². The number of hydrogen-bond donors (Lipinski definition) is 0.